The van der Waals surface area contributed by atoms with Crippen molar-refractivity contribution in [3.8, 4) is 0 Å². The Morgan fingerprint density at radius 1 is 0.758 bits per heavy atom. The molecule has 0 saturated heterocycles. The summed E-state index contributed by atoms with van der Waals surface area (Å²) in [4.78, 5) is 70.4. The van der Waals surface area contributed by atoms with Crippen LogP contribution in [0.25, 0.3) is 0 Å². The minimum Gasteiger partial charge on any atom is -0.480 e. The second-order valence-corrected chi connectivity index (χ2v) is 7.59. The van der Waals surface area contributed by atoms with Crippen LogP contribution in [-0.4, -0.2) is 71.3 Å². The smallest absolute Gasteiger partial charge is 0.326 e. The molecule has 0 radical (unpaired) electrons. The Hall–Kier alpha value is -3.26. The summed E-state index contributed by atoms with van der Waals surface area (Å²) in [6, 6.07) is -4.62. The van der Waals surface area contributed by atoms with Gasteiger partial charge in [0.15, 0.2) is 0 Å². The quantitative estimate of drug-likeness (QED) is 0.0974. The maximum Gasteiger partial charge on any atom is 0.326 e. The van der Waals surface area contributed by atoms with Crippen molar-refractivity contribution in [2.75, 3.05) is 6.54 Å². The van der Waals surface area contributed by atoms with Crippen LogP contribution in [0.3, 0.4) is 0 Å². The molecule has 0 aliphatic heterocycles. The molecule has 0 fully saturated rings. The highest BCUT2D eigenvalue weighted by atomic mass is 16.4. The number of carbonyl (C=O) groups is 6. The number of carbonyl (C=O) groups excluding carboxylic acids is 5. The summed E-state index contributed by atoms with van der Waals surface area (Å²) >= 11 is 0. The third-order valence-electron chi connectivity index (χ3n) is 4.66. The molecule has 0 saturated carbocycles. The van der Waals surface area contributed by atoms with Crippen molar-refractivity contribution >= 4 is 35.5 Å². The molecule has 0 aliphatic carbocycles. The predicted molar refractivity (Wildman–Crippen MR) is 117 cm³/mol. The first kappa shape index (κ1) is 29.7. The number of carboxylic acid groups (broad SMARTS) is 1. The van der Waals surface area contributed by atoms with Crippen molar-refractivity contribution in [3.05, 3.63) is 0 Å². The second-order valence-electron chi connectivity index (χ2n) is 7.59. The van der Waals surface area contributed by atoms with Crippen molar-refractivity contribution in [1.29, 1.82) is 0 Å². The van der Waals surface area contributed by atoms with E-state index in [1.54, 1.807) is 0 Å². The number of hydrogen-bond donors (Lipinski definition) is 8. The summed E-state index contributed by atoms with van der Waals surface area (Å²) in [6.07, 6.45) is 0.629. The minimum absolute atomic E-state index is 0.00149. The molecule has 5 amide bonds. The molecule has 14 heteroatoms. The highest BCUT2D eigenvalue weighted by Crippen LogP contribution is 2.05. The van der Waals surface area contributed by atoms with E-state index in [9.17, 15) is 33.9 Å². The number of hydrogen-bond acceptors (Lipinski definition) is 8. The Labute approximate surface area is 191 Å². The lowest BCUT2D eigenvalue weighted by Gasteiger charge is -2.23. The molecule has 0 heterocycles. The first-order valence-corrected chi connectivity index (χ1v) is 10.5. The lowest BCUT2D eigenvalue weighted by atomic mass is 10.1. The van der Waals surface area contributed by atoms with E-state index in [1.807, 2.05) is 0 Å². The molecule has 0 spiro atoms. The van der Waals surface area contributed by atoms with Crippen LogP contribution in [0.1, 0.15) is 51.9 Å². The normalized spacial score (nSPS) is 14.3. The molecule has 0 rings (SSSR count). The van der Waals surface area contributed by atoms with Crippen molar-refractivity contribution < 1.29 is 33.9 Å². The van der Waals surface area contributed by atoms with Crippen molar-refractivity contribution in [1.82, 2.24) is 16.0 Å². The van der Waals surface area contributed by atoms with Crippen LogP contribution in [0.2, 0.25) is 0 Å². The number of carboxylic acids is 1. The predicted octanol–water partition coefficient (Wildman–Crippen LogP) is -3.47. The van der Waals surface area contributed by atoms with Gasteiger partial charge in [-0.3, -0.25) is 24.0 Å². The Kier molecular flexibility index (Phi) is 14.0. The van der Waals surface area contributed by atoms with Crippen LogP contribution in [0.15, 0.2) is 0 Å². The van der Waals surface area contributed by atoms with Gasteiger partial charge >= 0.3 is 5.97 Å². The maximum atomic E-state index is 12.6. The maximum absolute atomic E-state index is 12.6. The van der Waals surface area contributed by atoms with Gasteiger partial charge in [0.1, 0.15) is 18.1 Å². The largest absolute Gasteiger partial charge is 0.480 e. The number of nitrogens with one attached hydrogen (secondary N) is 3. The molecule has 4 atom stereocenters. The summed E-state index contributed by atoms with van der Waals surface area (Å²) in [7, 11) is 0. The van der Waals surface area contributed by atoms with E-state index in [4.69, 9.17) is 22.9 Å². The van der Waals surface area contributed by atoms with E-state index in [2.05, 4.69) is 16.0 Å². The highest BCUT2D eigenvalue weighted by molar-refractivity contribution is 5.94. The van der Waals surface area contributed by atoms with Gasteiger partial charge in [0.05, 0.1) is 6.04 Å². The molecular formula is C19H35N7O7. The monoisotopic (exact) mass is 473 g/mol. The first-order chi connectivity index (χ1) is 15.4. The van der Waals surface area contributed by atoms with Gasteiger partial charge in [-0.2, -0.15) is 0 Å². The van der Waals surface area contributed by atoms with E-state index >= 15 is 0 Å². The van der Waals surface area contributed by atoms with Crippen LogP contribution in [0.5, 0.6) is 0 Å². The molecule has 12 N–H and O–H groups in total. The number of primary amides is 2. The average molecular weight is 474 g/mol. The molecule has 0 aromatic heterocycles. The number of unbranched alkanes of at least 4 members (excludes halogenated alkanes) is 1. The second kappa shape index (κ2) is 15.5. The number of rotatable bonds is 17. The Morgan fingerprint density at radius 3 is 1.82 bits per heavy atom. The number of aliphatic carboxylic acids is 1. The zero-order valence-corrected chi connectivity index (χ0v) is 18.7. The van der Waals surface area contributed by atoms with Crippen LogP contribution >= 0.6 is 0 Å². The Morgan fingerprint density at radius 2 is 1.30 bits per heavy atom. The molecular weight excluding hydrogens is 438 g/mol. The topological polar surface area (TPSA) is 263 Å². The SMILES string of the molecule is CC(NC(=O)C(N)CCC(N)=O)C(=O)NC(CCCCN)C(=O)NC(CCC(N)=O)C(=O)O. The van der Waals surface area contributed by atoms with Gasteiger partial charge < -0.3 is 44.0 Å². The minimum atomic E-state index is -1.38. The van der Waals surface area contributed by atoms with Gasteiger partial charge in [0.25, 0.3) is 0 Å². The number of amides is 5. The van der Waals surface area contributed by atoms with E-state index in [0.29, 0.717) is 19.4 Å². The van der Waals surface area contributed by atoms with Crippen LogP contribution in [0.4, 0.5) is 0 Å². The molecule has 0 aromatic rings. The lowest BCUT2D eigenvalue weighted by molar-refractivity contribution is -0.142. The van der Waals surface area contributed by atoms with Gasteiger partial charge in [0, 0.05) is 12.8 Å². The van der Waals surface area contributed by atoms with E-state index in [-0.39, 0.29) is 32.1 Å². The third kappa shape index (κ3) is 13.0. The lowest BCUT2D eigenvalue weighted by Crippen LogP contribution is -2.56. The fourth-order valence-electron chi connectivity index (χ4n) is 2.69. The van der Waals surface area contributed by atoms with Crippen molar-refractivity contribution in [2.45, 2.75) is 76.0 Å². The summed E-state index contributed by atoms with van der Waals surface area (Å²) < 4.78 is 0. The molecule has 33 heavy (non-hydrogen) atoms. The molecule has 0 aromatic carbocycles. The van der Waals surface area contributed by atoms with Gasteiger partial charge in [-0.25, -0.2) is 4.79 Å². The average Bonchev–Trinajstić information content (AvgIpc) is 2.73. The highest BCUT2D eigenvalue weighted by Gasteiger charge is 2.28. The first-order valence-electron chi connectivity index (χ1n) is 10.5. The standard InChI is InChI=1S/C19H35N7O7/c1-10(24-17(30)11(21)5-7-14(22)27)16(29)25-12(4-2-3-9-20)18(31)26-13(19(32)33)6-8-15(23)28/h10-13H,2-9,20-21H2,1H3,(H2,22,27)(H2,23,28)(H,24,30)(H,25,29)(H,26,31)(H,32,33). The van der Waals surface area contributed by atoms with Gasteiger partial charge in [-0.15, -0.1) is 0 Å². The van der Waals surface area contributed by atoms with E-state index < -0.39 is 59.7 Å². The fourth-order valence-corrected chi connectivity index (χ4v) is 2.69. The Bertz CT molecular complexity index is 717. The zero-order valence-electron chi connectivity index (χ0n) is 18.7. The van der Waals surface area contributed by atoms with E-state index in [0.717, 1.165) is 0 Å². The van der Waals surface area contributed by atoms with Gasteiger partial charge in [0.2, 0.25) is 29.5 Å². The van der Waals surface area contributed by atoms with Crippen LogP contribution < -0.4 is 38.9 Å². The van der Waals surface area contributed by atoms with Crippen LogP contribution in [-0.2, 0) is 28.8 Å². The zero-order chi connectivity index (χ0) is 25.6. The molecule has 14 nitrogen and oxygen atoms in total. The molecule has 4 unspecified atom stereocenters. The molecule has 0 aliphatic rings. The molecule has 188 valence electrons. The summed E-state index contributed by atoms with van der Waals surface area (Å²) in [5, 5.41) is 16.4. The van der Waals surface area contributed by atoms with Crippen molar-refractivity contribution in [3.63, 3.8) is 0 Å². The fraction of sp³-hybridized carbons (Fsp3) is 0.684. The summed E-state index contributed by atoms with van der Waals surface area (Å²) in [5.74, 6) is -4.85. The third-order valence-corrected chi connectivity index (χ3v) is 4.66. The van der Waals surface area contributed by atoms with Gasteiger partial charge in [-0.05, 0) is 45.6 Å². The van der Waals surface area contributed by atoms with Crippen molar-refractivity contribution in [2.24, 2.45) is 22.9 Å². The Balaban J connectivity index is 5.11. The molecule has 0 bridgehead atoms. The number of nitrogens with two attached hydrogens (primary N) is 4. The van der Waals surface area contributed by atoms with Crippen LogP contribution in [0, 0.1) is 0 Å². The van der Waals surface area contributed by atoms with E-state index in [1.165, 1.54) is 6.92 Å². The summed E-state index contributed by atoms with van der Waals surface area (Å²) in [5.41, 5.74) is 21.2. The van der Waals surface area contributed by atoms with Gasteiger partial charge in [-0.1, -0.05) is 0 Å². The summed E-state index contributed by atoms with van der Waals surface area (Å²) in [6.45, 7) is 1.73.